The van der Waals surface area contributed by atoms with E-state index >= 15 is 0 Å². The molecule has 6 rings (SSSR count). The molecule has 4 aliphatic rings. The lowest BCUT2D eigenvalue weighted by atomic mass is 9.48. The summed E-state index contributed by atoms with van der Waals surface area (Å²) in [6.45, 7) is 1.93. The number of aliphatic hydroxyl groups is 1. The molecule has 0 saturated heterocycles. The summed E-state index contributed by atoms with van der Waals surface area (Å²) in [7, 11) is 2.97. The molecule has 0 spiro atoms. The first-order chi connectivity index (χ1) is 17.9. The van der Waals surface area contributed by atoms with Gasteiger partial charge in [0.25, 0.3) is 0 Å². The molecule has 0 aliphatic heterocycles. The van der Waals surface area contributed by atoms with Gasteiger partial charge in [0, 0.05) is 12.7 Å². The van der Waals surface area contributed by atoms with Crippen molar-refractivity contribution in [2.75, 3.05) is 21.0 Å². The number of carbonyl (C=O) groups excluding carboxylic acids is 1. The zero-order valence-electron chi connectivity index (χ0n) is 22.0. The van der Waals surface area contributed by atoms with E-state index in [1.165, 1.54) is 51.2 Å². The lowest BCUT2D eigenvalue weighted by molar-refractivity contribution is -0.150. The first kappa shape index (κ1) is 26.0. The highest BCUT2D eigenvalue weighted by Crippen LogP contribution is 2.62. The number of aliphatic hydroxyl groups excluding tert-OH is 1. The summed E-state index contributed by atoms with van der Waals surface area (Å²) in [5, 5.41) is 11.0. The van der Waals surface area contributed by atoms with Gasteiger partial charge in [-0.15, -0.1) is 0 Å². The minimum Gasteiger partial charge on any atom is -0.467 e. The highest BCUT2D eigenvalue weighted by molar-refractivity contribution is 5.89. The normalized spacial score (nSPS) is 27.8. The van der Waals surface area contributed by atoms with Gasteiger partial charge in [-0.1, -0.05) is 36.4 Å². The molecule has 4 fully saturated rings. The number of benzene rings is 2. The van der Waals surface area contributed by atoms with Gasteiger partial charge < -0.3 is 24.1 Å². The van der Waals surface area contributed by atoms with Gasteiger partial charge in [-0.05, 0) is 97.9 Å². The smallest absolute Gasteiger partial charge is 0.337 e. The maximum atomic E-state index is 11.7. The van der Waals surface area contributed by atoms with Crippen LogP contribution in [0, 0.1) is 17.8 Å². The molecule has 6 heteroatoms. The summed E-state index contributed by atoms with van der Waals surface area (Å²) in [6.07, 6.45) is 10.3. The van der Waals surface area contributed by atoms with Crippen molar-refractivity contribution >= 4 is 12.0 Å². The van der Waals surface area contributed by atoms with E-state index in [-0.39, 0.29) is 24.5 Å². The monoisotopic (exact) mass is 506 g/mol. The molecule has 2 aromatic rings. The van der Waals surface area contributed by atoms with Gasteiger partial charge in [0.2, 0.25) is 0 Å². The highest BCUT2D eigenvalue weighted by Gasteiger charge is 2.52. The summed E-state index contributed by atoms with van der Waals surface area (Å²) in [5.74, 6) is 2.90. The van der Waals surface area contributed by atoms with Crippen LogP contribution in [-0.4, -0.2) is 38.4 Å². The highest BCUT2D eigenvalue weighted by atomic mass is 16.7. The molecule has 0 amide bonds. The van der Waals surface area contributed by atoms with Gasteiger partial charge >= 0.3 is 5.97 Å². The molecule has 0 heterocycles. The van der Waals surface area contributed by atoms with Crippen LogP contribution in [-0.2, 0) is 19.6 Å². The number of hydrogen-bond acceptors (Lipinski definition) is 6. The molecule has 2 atom stereocenters. The molecule has 2 aromatic carbocycles. The van der Waals surface area contributed by atoms with Crippen molar-refractivity contribution in [1.82, 2.24) is 0 Å². The lowest BCUT2D eigenvalue weighted by Crippen LogP contribution is -2.48. The molecule has 4 aliphatic carbocycles. The quantitative estimate of drug-likeness (QED) is 0.313. The third-order valence-electron chi connectivity index (χ3n) is 8.61. The number of carbonyl (C=O) groups is 1. The average molecular weight is 507 g/mol. The standard InChI is InChI=1S/C31H38O6/c1-20(34-2)36-19-37-29-15-26(28(32)11-6-21-4-7-25(8-5-21)30(33)35-3)9-10-27(29)31-16-22-12-23(17-31)14-24(13-22)18-31/h4-11,15,20,22-24,28,32H,12-14,16-19H2,1-3H3/b11-6+. The van der Waals surface area contributed by atoms with Crippen LogP contribution in [0.5, 0.6) is 5.75 Å². The molecule has 0 radical (unpaired) electrons. The van der Waals surface area contributed by atoms with Gasteiger partial charge in [0.15, 0.2) is 13.1 Å². The molecule has 37 heavy (non-hydrogen) atoms. The van der Waals surface area contributed by atoms with Gasteiger partial charge in [-0.25, -0.2) is 4.79 Å². The van der Waals surface area contributed by atoms with Crippen molar-refractivity contribution in [3.63, 3.8) is 0 Å². The Kier molecular flexibility index (Phi) is 7.70. The lowest BCUT2D eigenvalue weighted by Gasteiger charge is -2.57. The molecule has 4 saturated carbocycles. The molecule has 4 bridgehead atoms. The summed E-state index contributed by atoms with van der Waals surface area (Å²) >= 11 is 0. The second-order valence-electron chi connectivity index (χ2n) is 11.1. The fraction of sp³-hybridized carbons (Fsp3) is 0.516. The summed E-state index contributed by atoms with van der Waals surface area (Å²) in [5.41, 5.74) is 3.57. The third kappa shape index (κ3) is 5.62. The third-order valence-corrected chi connectivity index (χ3v) is 8.61. The zero-order chi connectivity index (χ0) is 26.0. The van der Waals surface area contributed by atoms with E-state index in [0.717, 1.165) is 34.6 Å². The van der Waals surface area contributed by atoms with Crippen molar-refractivity contribution in [2.24, 2.45) is 17.8 Å². The number of ether oxygens (including phenoxy) is 4. The van der Waals surface area contributed by atoms with Crippen LogP contribution >= 0.6 is 0 Å². The van der Waals surface area contributed by atoms with Crippen molar-refractivity contribution in [3.05, 3.63) is 70.8 Å². The number of esters is 1. The Balaban J connectivity index is 1.37. The molecule has 6 nitrogen and oxygen atoms in total. The Bertz CT molecular complexity index is 1090. The molecule has 1 N–H and O–H groups in total. The molecule has 0 aromatic heterocycles. The summed E-state index contributed by atoms with van der Waals surface area (Å²) < 4.78 is 21.8. The van der Waals surface area contributed by atoms with Crippen LogP contribution in [0.2, 0.25) is 0 Å². The van der Waals surface area contributed by atoms with Crippen LogP contribution in [0.3, 0.4) is 0 Å². The number of hydrogen-bond donors (Lipinski definition) is 1. The predicted octanol–water partition coefficient (Wildman–Crippen LogP) is 6.03. The van der Waals surface area contributed by atoms with E-state index < -0.39 is 6.10 Å². The van der Waals surface area contributed by atoms with Gasteiger partial charge in [0.1, 0.15) is 5.75 Å². The van der Waals surface area contributed by atoms with Gasteiger partial charge in [0.05, 0.1) is 18.8 Å². The maximum absolute atomic E-state index is 11.7. The van der Waals surface area contributed by atoms with Crippen LogP contribution in [0.25, 0.3) is 6.08 Å². The van der Waals surface area contributed by atoms with E-state index in [1.54, 1.807) is 25.3 Å². The number of rotatable bonds is 10. The largest absolute Gasteiger partial charge is 0.467 e. The molecule has 198 valence electrons. The van der Waals surface area contributed by atoms with E-state index in [4.69, 9.17) is 18.9 Å². The topological polar surface area (TPSA) is 74.2 Å². The SMILES string of the molecule is COC(=O)c1ccc(/C=C/C(O)c2ccc(C34CC5CC(CC(C5)C3)C4)c(OCOC(C)OC)c2)cc1. The van der Waals surface area contributed by atoms with Crippen LogP contribution in [0.15, 0.2) is 48.5 Å². The number of methoxy groups -OCH3 is 2. The fourth-order valence-corrected chi connectivity index (χ4v) is 7.14. The van der Waals surface area contributed by atoms with Crippen LogP contribution in [0.4, 0.5) is 0 Å². The van der Waals surface area contributed by atoms with E-state index in [9.17, 15) is 9.90 Å². The summed E-state index contributed by atoms with van der Waals surface area (Å²) in [6, 6.07) is 13.3. The first-order valence-corrected chi connectivity index (χ1v) is 13.4. The predicted molar refractivity (Wildman–Crippen MR) is 141 cm³/mol. The first-order valence-electron chi connectivity index (χ1n) is 13.4. The van der Waals surface area contributed by atoms with E-state index in [2.05, 4.69) is 6.07 Å². The van der Waals surface area contributed by atoms with Crippen LogP contribution in [0.1, 0.15) is 78.6 Å². The van der Waals surface area contributed by atoms with Crippen molar-refractivity contribution in [2.45, 2.75) is 63.3 Å². The zero-order valence-corrected chi connectivity index (χ0v) is 22.0. The molecule has 2 unspecified atom stereocenters. The Morgan fingerprint density at radius 1 is 1.03 bits per heavy atom. The second kappa shape index (κ2) is 11.0. The molecular weight excluding hydrogens is 468 g/mol. The molecular formula is C31H38O6. The fourth-order valence-electron chi connectivity index (χ4n) is 7.14. The Morgan fingerprint density at radius 3 is 2.27 bits per heavy atom. The summed E-state index contributed by atoms with van der Waals surface area (Å²) in [4.78, 5) is 11.7. The van der Waals surface area contributed by atoms with Crippen molar-refractivity contribution in [1.29, 1.82) is 0 Å². The van der Waals surface area contributed by atoms with Crippen molar-refractivity contribution < 1.29 is 28.8 Å². The minimum absolute atomic E-state index is 0.0936. The Hall–Kier alpha value is -2.67. The average Bonchev–Trinajstić information content (AvgIpc) is 2.90. The maximum Gasteiger partial charge on any atom is 0.337 e. The second-order valence-corrected chi connectivity index (χ2v) is 11.1. The van der Waals surface area contributed by atoms with E-state index in [1.807, 2.05) is 37.3 Å². The Labute approximate surface area is 219 Å². The minimum atomic E-state index is -0.799. The van der Waals surface area contributed by atoms with Crippen LogP contribution < -0.4 is 4.74 Å². The van der Waals surface area contributed by atoms with Gasteiger partial charge in [-0.3, -0.25) is 0 Å². The Morgan fingerprint density at radius 2 is 1.68 bits per heavy atom. The van der Waals surface area contributed by atoms with Crippen molar-refractivity contribution in [3.8, 4) is 5.75 Å². The van der Waals surface area contributed by atoms with E-state index in [0.29, 0.717) is 5.56 Å². The van der Waals surface area contributed by atoms with Gasteiger partial charge in [-0.2, -0.15) is 0 Å².